The molecule has 0 radical (unpaired) electrons. The average molecular weight is 432 g/mol. The molecule has 0 aliphatic rings. The van der Waals surface area contributed by atoms with Crippen molar-refractivity contribution < 1.29 is 22.8 Å². The van der Waals surface area contributed by atoms with Crippen LogP contribution in [0.15, 0.2) is 48.5 Å². The third kappa shape index (κ3) is 5.42. The summed E-state index contributed by atoms with van der Waals surface area (Å²) >= 11 is 0. The van der Waals surface area contributed by atoms with Crippen LogP contribution in [0.3, 0.4) is 0 Å². The largest absolute Gasteiger partial charge is 0.449 e. The summed E-state index contributed by atoms with van der Waals surface area (Å²) < 4.78 is 41.0. The third-order valence-electron chi connectivity index (χ3n) is 4.88. The van der Waals surface area contributed by atoms with Crippen LogP contribution < -0.4 is 10.6 Å². The second-order valence-electron chi connectivity index (χ2n) is 7.27. The lowest BCUT2D eigenvalue weighted by Crippen LogP contribution is -2.32. The van der Waals surface area contributed by atoms with Crippen molar-refractivity contribution in [2.24, 2.45) is 0 Å². The molecule has 3 rings (SSSR count). The second kappa shape index (κ2) is 9.20. The van der Waals surface area contributed by atoms with E-state index in [-0.39, 0.29) is 29.5 Å². The normalized spacial score (nSPS) is 12.5. The number of carbonyl (C=O) groups excluding carboxylic acids is 2. The number of rotatable bonds is 7. The first-order chi connectivity index (χ1) is 14.7. The van der Waals surface area contributed by atoms with Gasteiger partial charge < -0.3 is 15.2 Å². The second-order valence-corrected chi connectivity index (χ2v) is 7.27. The molecular weight excluding hydrogens is 409 g/mol. The zero-order valence-electron chi connectivity index (χ0n) is 17.2. The van der Waals surface area contributed by atoms with Gasteiger partial charge in [-0.15, -0.1) is 0 Å². The Balaban J connectivity index is 1.70. The number of nitrogens with zero attached hydrogens (tertiary/aromatic N) is 2. The number of nitrogens with one attached hydrogen (secondary N) is 2. The number of fused-ring (bicyclic) bond motifs is 1. The number of hydrogen-bond acceptors (Lipinski definition) is 3. The summed E-state index contributed by atoms with van der Waals surface area (Å²) in [6.07, 6.45) is -3.89. The van der Waals surface area contributed by atoms with Crippen LogP contribution in [0.5, 0.6) is 0 Å². The molecule has 0 aliphatic carbocycles. The first-order valence-corrected chi connectivity index (χ1v) is 9.88. The van der Waals surface area contributed by atoms with Crippen molar-refractivity contribution >= 4 is 22.8 Å². The maximum absolute atomic E-state index is 13.4. The van der Waals surface area contributed by atoms with Gasteiger partial charge in [0.05, 0.1) is 11.0 Å². The highest BCUT2D eigenvalue weighted by Gasteiger charge is 2.37. The molecule has 0 saturated carbocycles. The van der Waals surface area contributed by atoms with E-state index in [1.165, 1.54) is 12.1 Å². The SMILES string of the molecule is CCC(C)NC(=O)c1cccc(CNC(=O)Cn2c(C(F)(F)F)nc3ccccc32)c1. The summed E-state index contributed by atoms with van der Waals surface area (Å²) in [5.74, 6) is -1.93. The molecule has 1 unspecified atom stereocenters. The molecule has 164 valence electrons. The molecule has 6 nitrogen and oxygen atoms in total. The molecule has 2 aromatic carbocycles. The van der Waals surface area contributed by atoms with Gasteiger partial charge in [0.1, 0.15) is 6.54 Å². The van der Waals surface area contributed by atoms with Crippen LogP contribution >= 0.6 is 0 Å². The van der Waals surface area contributed by atoms with Crippen molar-refractivity contribution in [1.82, 2.24) is 20.2 Å². The monoisotopic (exact) mass is 432 g/mol. The number of imidazole rings is 1. The highest BCUT2D eigenvalue weighted by Crippen LogP contribution is 2.31. The fraction of sp³-hybridized carbons (Fsp3) is 0.318. The van der Waals surface area contributed by atoms with Gasteiger partial charge in [-0.1, -0.05) is 31.2 Å². The molecule has 0 fully saturated rings. The predicted octanol–water partition coefficient (Wildman–Crippen LogP) is 3.90. The number of benzene rings is 2. The Morgan fingerprint density at radius 2 is 1.87 bits per heavy atom. The number of halogens is 3. The van der Waals surface area contributed by atoms with E-state index in [1.54, 1.807) is 36.4 Å². The van der Waals surface area contributed by atoms with Crippen molar-refractivity contribution in [2.75, 3.05) is 0 Å². The Morgan fingerprint density at radius 1 is 1.13 bits per heavy atom. The molecule has 1 heterocycles. The van der Waals surface area contributed by atoms with Crippen molar-refractivity contribution in [3.05, 3.63) is 65.5 Å². The minimum absolute atomic E-state index is 0.0312. The van der Waals surface area contributed by atoms with E-state index in [1.807, 2.05) is 13.8 Å². The van der Waals surface area contributed by atoms with Gasteiger partial charge in [-0.3, -0.25) is 9.59 Å². The van der Waals surface area contributed by atoms with Crippen LogP contribution in [0, 0.1) is 0 Å². The van der Waals surface area contributed by atoms with Crippen LogP contribution in [-0.2, 0) is 24.1 Å². The molecule has 0 saturated heterocycles. The Labute approximate surface area is 177 Å². The number of para-hydroxylation sites is 2. The maximum Gasteiger partial charge on any atom is 0.449 e. The smallest absolute Gasteiger partial charge is 0.350 e. The molecule has 31 heavy (non-hydrogen) atoms. The number of alkyl halides is 3. The highest BCUT2D eigenvalue weighted by atomic mass is 19.4. The van der Waals surface area contributed by atoms with E-state index in [4.69, 9.17) is 0 Å². The van der Waals surface area contributed by atoms with Crippen molar-refractivity contribution in [3.63, 3.8) is 0 Å². The quantitative estimate of drug-likeness (QED) is 0.595. The standard InChI is InChI=1S/C22H23F3N4O2/c1-3-14(2)27-20(31)16-8-6-7-15(11-16)12-26-19(30)13-29-18-10-5-4-9-17(18)28-21(29)22(23,24)25/h4-11,14H,3,12-13H2,1-2H3,(H,26,30)(H,27,31). The van der Waals surface area contributed by atoms with Gasteiger partial charge in [-0.05, 0) is 43.2 Å². The van der Waals surface area contributed by atoms with Gasteiger partial charge in [0.15, 0.2) is 0 Å². The summed E-state index contributed by atoms with van der Waals surface area (Å²) in [6.45, 7) is 3.42. The summed E-state index contributed by atoms with van der Waals surface area (Å²) in [7, 11) is 0. The Bertz CT molecular complexity index is 1090. The van der Waals surface area contributed by atoms with E-state index < -0.39 is 24.5 Å². The zero-order chi connectivity index (χ0) is 22.6. The van der Waals surface area contributed by atoms with E-state index in [9.17, 15) is 22.8 Å². The number of aromatic nitrogens is 2. The van der Waals surface area contributed by atoms with Gasteiger partial charge in [-0.2, -0.15) is 13.2 Å². The third-order valence-corrected chi connectivity index (χ3v) is 4.88. The molecular formula is C22H23F3N4O2. The molecule has 2 amide bonds. The van der Waals surface area contributed by atoms with Crippen LogP contribution in [0.1, 0.15) is 42.0 Å². The summed E-state index contributed by atoms with van der Waals surface area (Å²) in [5.41, 5.74) is 1.51. The number of hydrogen-bond donors (Lipinski definition) is 2. The summed E-state index contributed by atoms with van der Waals surface area (Å²) in [6, 6.07) is 12.9. The van der Waals surface area contributed by atoms with E-state index >= 15 is 0 Å². The highest BCUT2D eigenvalue weighted by molar-refractivity contribution is 5.94. The van der Waals surface area contributed by atoms with Gasteiger partial charge in [0, 0.05) is 18.2 Å². The zero-order valence-corrected chi connectivity index (χ0v) is 17.2. The Hall–Kier alpha value is -3.36. The fourth-order valence-electron chi connectivity index (χ4n) is 3.08. The number of carbonyl (C=O) groups is 2. The number of amides is 2. The topological polar surface area (TPSA) is 76.0 Å². The fourth-order valence-corrected chi connectivity index (χ4v) is 3.08. The van der Waals surface area contributed by atoms with Gasteiger partial charge in [-0.25, -0.2) is 4.98 Å². The molecule has 0 bridgehead atoms. The van der Waals surface area contributed by atoms with Crippen molar-refractivity contribution in [2.45, 2.75) is 45.6 Å². The van der Waals surface area contributed by atoms with Crippen molar-refractivity contribution in [1.29, 1.82) is 0 Å². The first kappa shape index (κ1) is 22.3. The molecule has 9 heteroatoms. The Kier molecular flexibility index (Phi) is 6.62. The average Bonchev–Trinajstić information content (AvgIpc) is 3.11. The molecule has 0 spiro atoms. The Morgan fingerprint density at radius 3 is 2.58 bits per heavy atom. The summed E-state index contributed by atoms with van der Waals surface area (Å²) in [5, 5.41) is 5.47. The van der Waals surface area contributed by atoms with Crippen molar-refractivity contribution in [3.8, 4) is 0 Å². The summed E-state index contributed by atoms with van der Waals surface area (Å²) in [4.78, 5) is 28.3. The van der Waals surface area contributed by atoms with E-state index in [0.717, 1.165) is 11.0 Å². The lowest BCUT2D eigenvalue weighted by atomic mass is 10.1. The maximum atomic E-state index is 13.4. The van der Waals surface area contributed by atoms with Gasteiger partial charge in [0.2, 0.25) is 11.7 Å². The minimum atomic E-state index is -4.68. The first-order valence-electron chi connectivity index (χ1n) is 9.88. The minimum Gasteiger partial charge on any atom is -0.350 e. The molecule has 2 N–H and O–H groups in total. The predicted molar refractivity (Wildman–Crippen MR) is 110 cm³/mol. The van der Waals surface area contributed by atoms with Crippen LogP contribution in [0.2, 0.25) is 0 Å². The molecule has 3 aromatic rings. The lowest BCUT2D eigenvalue weighted by molar-refractivity contribution is -0.147. The van der Waals surface area contributed by atoms with Crippen LogP contribution in [0.25, 0.3) is 11.0 Å². The lowest BCUT2D eigenvalue weighted by Gasteiger charge is -2.13. The van der Waals surface area contributed by atoms with E-state index in [2.05, 4.69) is 15.6 Å². The van der Waals surface area contributed by atoms with Crippen LogP contribution in [0.4, 0.5) is 13.2 Å². The van der Waals surface area contributed by atoms with Gasteiger partial charge in [0.25, 0.3) is 5.91 Å². The van der Waals surface area contributed by atoms with Crippen LogP contribution in [-0.4, -0.2) is 27.4 Å². The van der Waals surface area contributed by atoms with Gasteiger partial charge >= 0.3 is 6.18 Å². The molecule has 1 atom stereocenters. The van der Waals surface area contributed by atoms with E-state index in [0.29, 0.717) is 11.1 Å². The molecule has 0 aliphatic heterocycles. The molecule has 1 aromatic heterocycles.